The Balaban J connectivity index is 2.07. The molecule has 1 fully saturated rings. The van der Waals surface area contributed by atoms with Crippen LogP contribution in [0.25, 0.3) is 0 Å². The van der Waals surface area contributed by atoms with Gasteiger partial charge < -0.3 is 15.3 Å². The Morgan fingerprint density at radius 2 is 2.30 bits per heavy atom. The van der Waals surface area contributed by atoms with Crippen LogP contribution >= 0.6 is 0 Å². The zero-order chi connectivity index (χ0) is 14.6. The Labute approximate surface area is 122 Å². The van der Waals surface area contributed by atoms with E-state index >= 15 is 0 Å². The molecule has 1 aromatic heterocycles. The first kappa shape index (κ1) is 15.3. The van der Waals surface area contributed by atoms with Gasteiger partial charge in [0.05, 0.1) is 5.60 Å². The molecule has 1 atom stereocenters. The summed E-state index contributed by atoms with van der Waals surface area (Å²) in [5.41, 5.74) is 0.615. The number of nitrogens with zero attached hydrogens (tertiary/aromatic N) is 2. The molecule has 0 aliphatic carbocycles. The molecule has 4 nitrogen and oxygen atoms in total. The molecule has 112 valence electrons. The van der Waals surface area contributed by atoms with E-state index in [1.165, 1.54) is 5.56 Å². The minimum Gasteiger partial charge on any atom is -0.388 e. The molecule has 4 heteroatoms. The summed E-state index contributed by atoms with van der Waals surface area (Å²) in [5.74, 6) is 1.66. The maximum atomic E-state index is 10.3. The van der Waals surface area contributed by atoms with E-state index < -0.39 is 5.60 Å². The number of anilines is 1. The van der Waals surface area contributed by atoms with Gasteiger partial charge in [0.25, 0.3) is 0 Å². The highest BCUT2D eigenvalue weighted by atomic mass is 16.3. The molecule has 1 aliphatic heterocycles. The van der Waals surface area contributed by atoms with Crippen LogP contribution in [0, 0.1) is 5.92 Å². The molecule has 2 heterocycles. The lowest BCUT2D eigenvalue weighted by Crippen LogP contribution is -2.46. The molecule has 0 amide bonds. The van der Waals surface area contributed by atoms with Crippen molar-refractivity contribution in [1.29, 1.82) is 0 Å². The molecule has 2 N–H and O–H groups in total. The van der Waals surface area contributed by atoms with Crippen molar-refractivity contribution >= 4 is 5.82 Å². The number of piperidine rings is 1. The summed E-state index contributed by atoms with van der Waals surface area (Å²) in [6.07, 6.45) is 3.73. The zero-order valence-corrected chi connectivity index (χ0v) is 12.9. The molecule has 20 heavy (non-hydrogen) atoms. The monoisotopic (exact) mass is 277 g/mol. The van der Waals surface area contributed by atoms with Crippen LogP contribution in [0.4, 0.5) is 5.82 Å². The summed E-state index contributed by atoms with van der Waals surface area (Å²) in [6, 6.07) is 4.11. The molecular weight excluding hydrogens is 250 g/mol. The van der Waals surface area contributed by atoms with Crippen LogP contribution in [0.15, 0.2) is 18.3 Å². The number of aliphatic hydroxyl groups is 1. The molecule has 0 bridgehead atoms. The van der Waals surface area contributed by atoms with Crippen molar-refractivity contribution < 1.29 is 5.11 Å². The van der Waals surface area contributed by atoms with Crippen LogP contribution in [0.3, 0.4) is 0 Å². The van der Waals surface area contributed by atoms with Gasteiger partial charge in [-0.2, -0.15) is 0 Å². The van der Waals surface area contributed by atoms with E-state index in [0.29, 0.717) is 12.5 Å². The van der Waals surface area contributed by atoms with E-state index in [0.717, 1.165) is 38.3 Å². The van der Waals surface area contributed by atoms with Gasteiger partial charge in [0.2, 0.25) is 0 Å². The third-order valence-corrected chi connectivity index (χ3v) is 3.71. The summed E-state index contributed by atoms with van der Waals surface area (Å²) >= 11 is 0. The van der Waals surface area contributed by atoms with Crippen molar-refractivity contribution in [2.24, 2.45) is 5.92 Å². The molecule has 1 aromatic rings. The number of nitrogens with one attached hydrogen (secondary N) is 1. The number of pyridine rings is 1. The lowest BCUT2D eigenvalue weighted by Gasteiger charge is -2.38. The van der Waals surface area contributed by atoms with Crippen molar-refractivity contribution in [3.63, 3.8) is 0 Å². The van der Waals surface area contributed by atoms with Gasteiger partial charge in [0, 0.05) is 31.4 Å². The first-order valence-corrected chi connectivity index (χ1v) is 7.60. The van der Waals surface area contributed by atoms with Crippen molar-refractivity contribution in [1.82, 2.24) is 10.3 Å². The molecule has 0 radical (unpaired) electrons. The lowest BCUT2D eigenvalue weighted by molar-refractivity contribution is 0.0446. The number of aromatic nitrogens is 1. The Morgan fingerprint density at radius 1 is 1.50 bits per heavy atom. The third-order valence-electron chi connectivity index (χ3n) is 3.71. The fraction of sp³-hybridized carbons (Fsp3) is 0.688. The topological polar surface area (TPSA) is 48.4 Å². The van der Waals surface area contributed by atoms with E-state index in [2.05, 4.69) is 35.1 Å². The van der Waals surface area contributed by atoms with Gasteiger partial charge in [0.15, 0.2) is 0 Å². The summed E-state index contributed by atoms with van der Waals surface area (Å²) in [6.45, 7) is 9.81. The molecule has 1 unspecified atom stereocenters. The second kappa shape index (κ2) is 6.55. The van der Waals surface area contributed by atoms with E-state index in [1.54, 1.807) is 0 Å². The van der Waals surface area contributed by atoms with E-state index in [-0.39, 0.29) is 0 Å². The first-order chi connectivity index (χ1) is 9.48. The van der Waals surface area contributed by atoms with Gasteiger partial charge in [-0.3, -0.25) is 0 Å². The molecule has 0 aromatic carbocycles. The summed E-state index contributed by atoms with van der Waals surface area (Å²) in [4.78, 5) is 6.76. The third kappa shape index (κ3) is 4.18. The molecular formula is C16H27N3O. The Kier molecular flexibility index (Phi) is 5.00. The fourth-order valence-electron chi connectivity index (χ4n) is 2.75. The van der Waals surface area contributed by atoms with Crippen LogP contribution in [0.5, 0.6) is 0 Å². The Morgan fingerprint density at radius 3 is 3.00 bits per heavy atom. The predicted octanol–water partition coefficient (Wildman–Crippen LogP) is 2.18. The quantitative estimate of drug-likeness (QED) is 0.866. The maximum Gasteiger partial charge on any atom is 0.133 e. The summed E-state index contributed by atoms with van der Waals surface area (Å²) in [5, 5.41) is 13.7. The van der Waals surface area contributed by atoms with E-state index in [4.69, 9.17) is 0 Å². The van der Waals surface area contributed by atoms with Crippen LogP contribution in [0.2, 0.25) is 0 Å². The number of β-amino-alcohol motifs (C(OH)–C–C–N with tert-alkyl or cyclic N) is 1. The van der Waals surface area contributed by atoms with Gasteiger partial charge in [-0.05, 0) is 38.3 Å². The van der Waals surface area contributed by atoms with Gasteiger partial charge in [-0.15, -0.1) is 0 Å². The van der Waals surface area contributed by atoms with E-state index in [9.17, 15) is 5.11 Å². The molecule has 0 saturated carbocycles. The van der Waals surface area contributed by atoms with Gasteiger partial charge in [-0.1, -0.05) is 19.9 Å². The fourth-order valence-corrected chi connectivity index (χ4v) is 2.75. The van der Waals surface area contributed by atoms with Crippen LogP contribution < -0.4 is 10.2 Å². The van der Waals surface area contributed by atoms with Gasteiger partial charge >= 0.3 is 0 Å². The number of hydrogen-bond acceptors (Lipinski definition) is 4. The Hall–Kier alpha value is -1.13. The highest BCUT2D eigenvalue weighted by Gasteiger charge is 2.29. The average Bonchev–Trinajstić information content (AvgIpc) is 2.37. The summed E-state index contributed by atoms with van der Waals surface area (Å²) in [7, 11) is 0. The van der Waals surface area contributed by atoms with Crippen molar-refractivity contribution in [2.75, 3.05) is 24.5 Å². The van der Waals surface area contributed by atoms with Crippen molar-refractivity contribution in [2.45, 2.75) is 45.8 Å². The lowest BCUT2D eigenvalue weighted by atomic mass is 9.95. The second-order valence-electron chi connectivity index (χ2n) is 6.53. The minimum atomic E-state index is -0.599. The molecule has 1 aliphatic rings. The maximum absolute atomic E-state index is 10.3. The summed E-state index contributed by atoms with van der Waals surface area (Å²) < 4.78 is 0. The van der Waals surface area contributed by atoms with E-state index in [1.807, 2.05) is 19.2 Å². The molecule has 2 rings (SSSR count). The Bertz CT molecular complexity index is 431. The number of hydrogen-bond donors (Lipinski definition) is 2. The number of rotatable bonds is 5. The average molecular weight is 277 g/mol. The highest BCUT2D eigenvalue weighted by molar-refractivity contribution is 5.47. The normalized spacial score (nSPS) is 23.4. The van der Waals surface area contributed by atoms with Gasteiger partial charge in [-0.25, -0.2) is 4.98 Å². The van der Waals surface area contributed by atoms with Crippen molar-refractivity contribution in [3.8, 4) is 0 Å². The standard InChI is InChI=1S/C16H27N3O/c1-13(2)10-17-11-14-6-4-8-18-15(14)19-9-5-7-16(3,20)12-19/h4,6,8,13,17,20H,5,7,9-12H2,1-3H3. The first-order valence-electron chi connectivity index (χ1n) is 7.60. The van der Waals surface area contributed by atoms with Crippen LogP contribution in [0.1, 0.15) is 39.2 Å². The van der Waals surface area contributed by atoms with Gasteiger partial charge in [0.1, 0.15) is 5.82 Å². The van der Waals surface area contributed by atoms with Crippen molar-refractivity contribution in [3.05, 3.63) is 23.9 Å². The highest BCUT2D eigenvalue weighted by Crippen LogP contribution is 2.26. The molecule has 1 saturated heterocycles. The minimum absolute atomic E-state index is 0.599. The largest absolute Gasteiger partial charge is 0.388 e. The molecule has 0 spiro atoms. The second-order valence-corrected chi connectivity index (χ2v) is 6.53. The SMILES string of the molecule is CC(C)CNCc1cccnc1N1CCCC(C)(O)C1. The zero-order valence-electron chi connectivity index (χ0n) is 12.9. The predicted molar refractivity (Wildman–Crippen MR) is 82.9 cm³/mol. The smallest absolute Gasteiger partial charge is 0.133 e. The van der Waals surface area contributed by atoms with Crippen LogP contribution in [-0.4, -0.2) is 35.3 Å². The van der Waals surface area contributed by atoms with Crippen LogP contribution in [-0.2, 0) is 6.54 Å².